The van der Waals surface area contributed by atoms with E-state index in [1.807, 2.05) is 0 Å². The molecule has 0 heterocycles. The third-order valence-corrected chi connectivity index (χ3v) is 1.73. The minimum absolute atomic E-state index is 0.245. The lowest BCUT2D eigenvalue weighted by atomic mass is 10.3. The van der Waals surface area contributed by atoms with Gasteiger partial charge in [-0.1, -0.05) is 6.92 Å². The Morgan fingerprint density at radius 2 is 1.87 bits per heavy atom. The zero-order chi connectivity index (χ0) is 11.1. The molecule has 0 aliphatic carbocycles. The molecule has 0 fully saturated rings. The SMILES string of the molecule is CCC(=O)Oc1ccc(OCCN)cc1. The second-order valence-electron chi connectivity index (χ2n) is 2.94. The molecule has 0 unspecified atom stereocenters. The molecule has 0 saturated heterocycles. The summed E-state index contributed by atoms with van der Waals surface area (Å²) in [6.45, 7) is 2.71. The van der Waals surface area contributed by atoms with Gasteiger partial charge in [0, 0.05) is 13.0 Å². The summed E-state index contributed by atoms with van der Waals surface area (Å²) in [4.78, 5) is 11.0. The van der Waals surface area contributed by atoms with E-state index in [2.05, 4.69) is 0 Å². The van der Waals surface area contributed by atoms with Crippen molar-refractivity contribution in [3.63, 3.8) is 0 Å². The van der Waals surface area contributed by atoms with Gasteiger partial charge in [0.2, 0.25) is 0 Å². The molecule has 0 radical (unpaired) electrons. The Bertz CT molecular complexity index is 308. The maximum atomic E-state index is 11.0. The molecule has 1 aromatic rings. The zero-order valence-corrected chi connectivity index (χ0v) is 8.73. The largest absolute Gasteiger partial charge is 0.492 e. The molecular weight excluding hydrogens is 194 g/mol. The van der Waals surface area contributed by atoms with Crippen molar-refractivity contribution in [2.24, 2.45) is 5.73 Å². The van der Waals surface area contributed by atoms with Crippen molar-refractivity contribution in [2.75, 3.05) is 13.2 Å². The van der Waals surface area contributed by atoms with Gasteiger partial charge in [0.25, 0.3) is 0 Å². The highest BCUT2D eigenvalue weighted by atomic mass is 16.5. The number of nitrogens with two attached hydrogens (primary N) is 1. The Kier molecular flexibility index (Phi) is 4.63. The number of esters is 1. The Hall–Kier alpha value is -1.55. The van der Waals surface area contributed by atoms with Gasteiger partial charge in [-0.05, 0) is 24.3 Å². The van der Waals surface area contributed by atoms with Crippen LogP contribution in [0.1, 0.15) is 13.3 Å². The molecule has 0 bridgehead atoms. The second kappa shape index (κ2) is 6.03. The standard InChI is InChI=1S/C11H15NO3/c1-2-11(13)15-10-5-3-9(4-6-10)14-8-7-12/h3-6H,2,7-8,12H2,1H3. The van der Waals surface area contributed by atoms with Gasteiger partial charge in [0.05, 0.1) is 0 Å². The van der Waals surface area contributed by atoms with Crippen molar-refractivity contribution >= 4 is 5.97 Å². The molecule has 0 saturated carbocycles. The Labute approximate surface area is 89.0 Å². The van der Waals surface area contributed by atoms with Crippen LogP contribution in [0.15, 0.2) is 24.3 Å². The summed E-state index contributed by atoms with van der Waals surface area (Å²) in [6.07, 6.45) is 0.366. The zero-order valence-electron chi connectivity index (χ0n) is 8.73. The first kappa shape index (κ1) is 11.5. The number of rotatable bonds is 5. The molecule has 0 aromatic heterocycles. The van der Waals surface area contributed by atoms with E-state index in [0.717, 1.165) is 5.75 Å². The van der Waals surface area contributed by atoms with E-state index in [4.69, 9.17) is 15.2 Å². The number of benzene rings is 1. The van der Waals surface area contributed by atoms with Gasteiger partial charge in [0.1, 0.15) is 18.1 Å². The molecule has 1 aromatic carbocycles. The van der Waals surface area contributed by atoms with Crippen LogP contribution in [0.4, 0.5) is 0 Å². The fraction of sp³-hybridized carbons (Fsp3) is 0.364. The number of hydrogen-bond donors (Lipinski definition) is 1. The first-order chi connectivity index (χ1) is 7.26. The van der Waals surface area contributed by atoms with Crippen molar-refractivity contribution in [3.8, 4) is 11.5 Å². The summed E-state index contributed by atoms with van der Waals surface area (Å²) < 4.78 is 10.3. The number of hydrogen-bond acceptors (Lipinski definition) is 4. The lowest BCUT2D eigenvalue weighted by Crippen LogP contribution is -2.10. The molecule has 2 N–H and O–H groups in total. The highest BCUT2D eigenvalue weighted by Crippen LogP contribution is 2.17. The van der Waals surface area contributed by atoms with Gasteiger partial charge in [-0.3, -0.25) is 4.79 Å². The highest BCUT2D eigenvalue weighted by Gasteiger charge is 2.01. The van der Waals surface area contributed by atoms with Gasteiger partial charge < -0.3 is 15.2 Å². The average Bonchev–Trinajstić information content (AvgIpc) is 2.28. The molecule has 0 spiro atoms. The molecule has 4 heteroatoms. The average molecular weight is 209 g/mol. The monoisotopic (exact) mass is 209 g/mol. The molecule has 0 amide bonds. The molecule has 1 rings (SSSR count). The van der Waals surface area contributed by atoms with E-state index < -0.39 is 0 Å². The van der Waals surface area contributed by atoms with E-state index >= 15 is 0 Å². The lowest BCUT2D eigenvalue weighted by molar-refractivity contribution is -0.134. The van der Waals surface area contributed by atoms with Gasteiger partial charge in [-0.2, -0.15) is 0 Å². The summed E-state index contributed by atoms with van der Waals surface area (Å²) in [7, 11) is 0. The Morgan fingerprint density at radius 1 is 1.27 bits per heavy atom. The number of ether oxygens (including phenoxy) is 2. The van der Waals surface area contributed by atoms with Crippen molar-refractivity contribution in [3.05, 3.63) is 24.3 Å². The fourth-order valence-electron chi connectivity index (χ4n) is 0.984. The first-order valence-electron chi connectivity index (χ1n) is 4.90. The third-order valence-electron chi connectivity index (χ3n) is 1.73. The van der Waals surface area contributed by atoms with E-state index in [1.54, 1.807) is 31.2 Å². The Morgan fingerprint density at radius 3 is 2.40 bits per heavy atom. The maximum absolute atomic E-state index is 11.0. The predicted octanol–water partition coefficient (Wildman–Crippen LogP) is 1.34. The summed E-state index contributed by atoms with van der Waals surface area (Å²) in [6, 6.07) is 6.88. The van der Waals surface area contributed by atoms with Crippen LogP contribution in [-0.4, -0.2) is 19.1 Å². The van der Waals surface area contributed by atoms with Crippen molar-refractivity contribution < 1.29 is 14.3 Å². The van der Waals surface area contributed by atoms with Crippen LogP contribution in [0.5, 0.6) is 11.5 Å². The van der Waals surface area contributed by atoms with Crippen LogP contribution in [0.25, 0.3) is 0 Å². The quantitative estimate of drug-likeness (QED) is 0.587. The van der Waals surface area contributed by atoms with Crippen molar-refractivity contribution in [2.45, 2.75) is 13.3 Å². The summed E-state index contributed by atoms with van der Waals surface area (Å²) >= 11 is 0. The summed E-state index contributed by atoms with van der Waals surface area (Å²) in [5.74, 6) is 1.00. The molecule has 82 valence electrons. The normalized spacial score (nSPS) is 9.73. The third kappa shape index (κ3) is 3.99. The van der Waals surface area contributed by atoms with Crippen LogP contribution >= 0.6 is 0 Å². The number of carbonyl (C=O) groups excluding carboxylic acids is 1. The van der Waals surface area contributed by atoms with Gasteiger partial charge >= 0.3 is 5.97 Å². The summed E-state index contributed by atoms with van der Waals surface area (Å²) in [5, 5.41) is 0. The minimum atomic E-state index is -0.245. The molecule has 4 nitrogen and oxygen atoms in total. The van der Waals surface area contributed by atoms with Crippen LogP contribution in [0.3, 0.4) is 0 Å². The van der Waals surface area contributed by atoms with Gasteiger partial charge in [-0.25, -0.2) is 0 Å². The lowest BCUT2D eigenvalue weighted by Gasteiger charge is -2.05. The van der Waals surface area contributed by atoms with E-state index in [9.17, 15) is 4.79 Å². The molecule has 15 heavy (non-hydrogen) atoms. The van der Waals surface area contributed by atoms with Crippen molar-refractivity contribution in [1.29, 1.82) is 0 Å². The molecule has 0 atom stereocenters. The number of carbonyl (C=O) groups is 1. The minimum Gasteiger partial charge on any atom is -0.492 e. The maximum Gasteiger partial charge on any atom is 0.310 e. The first-order valence-corrected chi connectivity index (χ1v) is 4.90. The predicted molar refractivity (Wildman–Crippen MR) is 56.9 cm³/mol. The topological polar surface area (TPSA) is 61.5 Å². The summed E-state index contributed by atoms with van der Waals surface area (Å²) in [5.41, 5.74) is 5.30. The van der Waals surface area contributed by atoms with Crippen molar-refractivity contribution in [1.82, 2.24) is 0 Å². The van der Waals surface area contributed by atoms with Crippen LogP contribution < -0.4 is 15.2 Å². The van der Waals surface area contributed by atoms with Gasteiger partial charge in [-0.15, -0.1) is 0 Å². The van der Waals surface area contributed by atoms with Crippen LogP contribution in [0.2, 0.25) is 0 Å². The fourth-order valence-corrected chi connectivity index (χ4v) is 0.984. The molecule has 0 aliphatic rings. The molecular formula is C11H15NO3. The second-order valence-corrected chi connectivity index (χ2v) is 2.94. The smallest absolute Gasteiger partial charge is 0.310 e. The van der Waals surface area contributed by atoms with Crippen LogP contribution in [-0.2, 0) is 4.79 Å². The highest BCUT2D eigenvalue weighted by molar-refractivity contribution is 5.71. The van der Waals surface area contributed by atoms with Gasteiger partial charge in [0.15, 0.2) is 0 Å². The van der Waals surface area contributed by atoms with E-state index in [0.29, 0.717) is 25.3 Å². The van der Waals surface area contributed by atoms with E-state index in [-0.39, 0.29) is 5.97 Å². The molecule has 0 aliphatic heterocycles. The van der Waals surface area contributed by atoms with E-state index in [1.165, 1.54) is 0 Å². The Balaban J connectivity index is 2.52. The van der Waals surface area contributed by atoms with Crippen LogP contribution in [0, 0.1) is 0 Å².